The Morgan fingerprint density at radius 3 is 2.55 bits per heavy atom. The lowest BCUT2D eigenvalue weighted by molar-refractivity contribution is -0.113. The minimum atomic E-state index is -0.624. The van der Waals surface area contributed by atoms with E-state index in [2.05, 4.69) is 10.6 Å². The van der Waals surface area contributed by atoms with Gasteiger partial charge >= 0.3 is 12.1 Å². The molecule has 3 amide bonds. The summed E-state index contributed by atoms with van der Waals surface area (Å²) in [4.78, 5) is 54.3. The molecule has 4 rings (SSSR count). The molecule has 0 atom stereocenters. The summed E-state index contributed by atoms with van der Waals surface area (Å²) < 4.78 is 10.8. The Labute approximate surface area is 257 Å². The van der Waals surface area contributed by atoms with Gasteiger partial charge in [0.2, 0.25) is 5.91 Å². The van der Waals surface area contributed by atoms with E-state index in [1.165, 1.54) is 23.1 Å². The van der Waals surface area contributed by atoms with Gasteiger partial charge in [-0.15, -0.1) is 23.1 Å². The van der Waals surface area contributed by atoms with Crippen molar-refractivity contribution in [3.8, 4) is 0 Å². The standard InChI is InChI=1S/C30H32ClN3O6S2/c1-5-39-28(37)25-22-12-13-34(29(38)40-30(2,3)4)16-23(22)42-27(25)33-24(35)17-41-21-11-7-10-20(15-21)32-26(36)18-8-6-9-19(31)14-18/h6-11,14-15H,5,12-13,16-17H2,1-4H3,(H,32,36)(H,33,35). The van der Waals surface area contributed by atoms with E-state index in [9.17, 15) is 19.2 Å². The summed E-state index contributed by atoms with van der Waals surface area (Å²) in [6.07, 6.45) is 0.0181. The molecule has 2 aromatic carbocycles. The minimum Gasteiger partial charge on any atom is -0.462 e. The third kappa shape index (κ3) is 8.27. The molecule has 1 aliphatic rings. The molecule has 12 heteroatoms. The van der Waals surface area contributed by atoms with Crippen LogP contribution in [0.1, 0.15) is 58.9 Å². The maximum atomic E-state index is 13.0. The molecule has 0 spiro atoms. The van der Waals surface area contributed by atoms with Gasteiger partial charge in [-0.25, -0.2) is 9.59 Å². The Kier molecular flexibility index (Phi) is 10.2. The van der Waals surface area contributed by atoms with E-state index in [1.807, 2.05) is 26.8 Å². The van der Waals surface area contributed by atoms with Crippen LogP contribution in [0.15, 0.2) is 53.4 Å². The number of thioether (sulfide) groups is 1. The van der Waals surface area contributed by atoms with E-state index in [4.69, 9.17) is 21.1 Å². The van der Waals surface area contributed by atoms with Gasteiger partial charge in [0.25, 0.3) is 5.91 Å². The van der Waals surface area contributed by atoms with Crippen molar-refractivity contribution in [1.29, 1.82) is 0 Å². The van der Waals surface area contributed by atoms with Gasteiger partial charge < -0.3 is 25.0 Å². The van der Waals surface area contributed by atoms with E-state index < -0.39 is 17.7 Å². The second-order valence-corrected chi connectivity index (χ2v) is 13.0. The number of halogens is 1. The highest BCUT2D eigenvalue weighted by molar-refractivity contribution is 8.00. The number of anilines is 2. The monoisotopic (exact) mass is 629 g/mol. The Hall–Kier alpha value is -3.54. The maximum Gasteiger partial charge on any atom is 0.410 e. The van der Waals surface area contributed by atoms with Crippen molar-refractivity contribution in [3.05, 3.63) is 75.1 Å². The van der Waals surface area contributed by atoms with Crippen molar-refractivity contribution in [2.24, 2.45) is 0 Å². The van der Waals surface area contributed by atoms with Gasteiger partial charge in [-0.3, -0.25) is 9.59 Å². The Morgan fingerprint density at radius 1 is 1.07 bits per heavy atom. The smallest absolute Gasteiger partial charge is 0.410 e. The first-order chi connectivity index (χ1) is 19.9. The SMILES string of the molecule is CCOC(=O)c1c(NC(=O)CSc2cccc(NC(=O)c3cccc(Cl)c3)c2)sc2c1CCN(C(=O)OC(C)(C)C)C2. The van der Waals surface area contributed by atoms with Crippen molar-refractivity contribution in [2.45, 2.75) is 51.2 Å². The number of amides is 3. The topological polar surface area (TPSA) is 114 Å². The number of benzene rings is 2. The maximum absolute atomic E-state index is 13.0. The lowest BCUT2D eigenvalue weighted by Crippen LogP contribution is -2.39. The molecule has 9 nitrogen and oxygen atoms in total. The van der Waals surface area contributed by atoms with E-state index >= 15 is 0 Å². The van der Waals surface area contributed by atoms with Gasteiger partial charge in [0.1, 0.15) is 10.6 Å². The lowest BCUT2D eigenvalue weighted by atomic mass is 10.0. The number of fused-ring (bicyclic) bond motifs is 1. The predicted octanol–water partition coefficient (Wildman–Crippen LogP) is 6.85. The highest BCUT2D eigenvalue weighted by Crippen LogP contribution is 2.38. The molecule has 0 radical (unpaired) electrons. The zero-order chi connectivity index (χ0) is 30.4. The number of hydrogen-bond donors (Lipinski definition) is 2. The Balaban J connectivity index is 1.42. The van der Waals surface area contributed by atoms with Crippen LogP contribution < -0.4 is 10.6 Å². The fourth-order valence-electron chi connectivity index (χ4n) is 4.20. The Bertz CT molecular complexity index is 1500. The number of nitrogens with zero attached hydrogens (tertiary/aromatic N) is 1. The molecule has 1 aromatic heterocycles. The van der Waals surface area contributed by atoms with Crippen molar-refractivity contribution >= 4 is 69.3 Å². The fourth-order valence-corrected chi connectivity index (χ4v) is 6.41. The molecule has 42 heavy (non-hydrogen) atoms. The first-order valence-electron chi connectivity index (χ1n) is 13.3. The minimum absolute atomic E-state index is 0.0700. The van der Waals surface area contributed by atoms with Crippen LogP contribution in [0.4, 0.5) is 15.5 Å². The summed E-state index contributed by atoms with van der Waals surface area (Å²) in [6.45, 7) is 8.01. The molecule has 222 valence electrons. The van der Waals surface area contributed by atoms with Crippen LogP contribution in [0.25, 0.3) is 0 Å². The van der Waals surface area contributed by atoms with Crippen LogP contribution in [-0.4, -0.2) is 53.3 Å². The molecule has 0 bridgehead atoms. The molecular weight excluding hydrogens is 598 g/mol. The molecule has 2 heterocycles. The number of carbonyl (C=O) groups excluding carboxylic acids is 4. The third-order valence-electron chi connectivity index (χ3n) is 5.99. The second kappa shape index (κ2) is 13.6. The average Bonchev–Trinajstić information content (AvgIpc) is 3.28. The zero-order valence-electron chi connectivity index (χ0n) is 23.7. The van der Waals surface area contributed by atoms with Crippen LogP contribution in [0.5, 0.6) is 0 Å². The van der Waals surface area contributed by atoms with Crippen molar-refractivity contribution in [1.82, 2.24) is 4.90 Å². The predicted molar refractivity (Wildman–Crippen MR) is 166 cm³/mol. The van der Waals surface area contributed by atoms with Crippen molar-refractivity contribution in [3.63, 3.8) is 0 Å². The number of thiophene rings is 1. The van der Waals surface area contributed by atoms with Crippen molar-refractivity contribution in [2.75, 3.05) is 29.5 Å². The largest absolute Gasteiger partial charge is 0.462 e. The summed E-state index contributed by atoms with van der Waals surface area (Å²) in [5.41, 5.74) is 1.51. The summed E-state index contributed by atoms with van der Waals surface area (Å²) >= 11 is 8.55. The Morgan fingerprint density at radius 2 is 1.83 bits per heavy atom. The van der Waals surface area contributed by atoms with E-state index in [0.29, 0.717) is 39.8 Å². The van der Waals surface area contributed by atoms with Crippen molar-refractivity contribution < 1.29 is 28.7 Å². The van der Waals surface area contributed by atoms with E-state index in [1.54, 1.807) is 54.3 Å². The van der Waals surface area contributed by atoms with Crippen LogP contribution in [0, 0.1) is 0 Å². The highest BCUT2D eigenvalue weighted by Gasteiger charge is 2.32. The molecule has 0 saturated carbocycles. The number of rotatable bonds is 8. The number of esters is 1. The summed E-state index contributed by atoms with van der Waals surface area (Å²) in [6, 6.07) is 13.8. The molecular formula is C30H32ClN3O6S2. The number of ether oxygens (including phenoxy) is 2. The van der Waals surface area contributed by atoms with Gasteiger partial charge in [0, 0.05) is 32.6 Å². The van der Waals surface area contributed by atoms with Gasteiger partial charge in [-0.05, 0) is 76.1 Å². The molecule has 2 N–H and O–H groups in total. The van der Waals surface area contributed by atoms with Gasteiger partial charge in [-0.1, -0.05) is 23.7 Å². The zero-order valence-corrected chi connectivity index (χ0v) is 26.1. The lowest BCUT2D eigenvalue weighted by Gasteiger charge is -2.30. The molecule has 0 saturated heterocycles. The van der Waals surface area contributed by atoms with E-state index in [0.717, 1.165) is 15.3 Å². The second-order valence-electron chi connectivity index (χ2n) is 10.4. The first-order valence-corrected chi connectivity index (χ1v) is 15.5. The molecule has 0 unspecified atom stereocenters. The van der Waals surface area contributed by atoms with Gasteiger partial charge in [-0.2, -0.15) is 0 Å². The molecule has 0 aliphatic carbocycles. The number of carbonyl (C=O) groups is 4. The van der Waals surface area contributed by atoms with Crippen LogP contribution >= 0.6 is 34.7 Å². The molecule has 0 fully saturated rings. The quantitative estimate of drug-likeness (QED) is 0.207. The summed E-state index contributed by atoms with van der Waals surface area (Å²) in [7, 11) is 0. The van der Waals surface area contributed by atoms with Gasteiger partial charge in [0.15, 0.2) is 0 Å². The third-order valence-corrected chi connectivity index (χ3v) is 8.35. The summed E-state index contributed by atoms with van der Waals surface area (Å²) in [5.74, 6) is -1.04. The number of nitrogens with one attached hydrogen (secondary N) is 2. The number of hydrogen-bond acceptors (Lipinski definition) is 8. The molecule has 3 aromatic rings. The van der Waals surface area contributed by atoms with Crippen LogP contribution in [-0.2, 0) is 27.2 Å². The average molecular weight is 630 g/mol. The van der Waals surface area contributed by atoms with Gasteiger partial charge in [0.05, 0.1) is 24.5 Å². The normalized spacial score (nSPS) is 12.7. The summed E-state index contributed by atoms with van der Waals surface area (Å²) in [5, 5.41) is 6.58. The van der Waals surface area contributed by atoms with Crippen LogP contribution in [0.2, 0.25) is 5.02 Å². The van der Waals surface area contributed by atoms with Crippen LogP contribution in [0.3, 0.4) is 0 Å². The van der Waals surface area contributed by atoms with E-state index in [-0.39, 0.29) is 30.7 Å². The first kappa shape index (κ1) is 31.4. The fraction of sp³-hybridized carbons (Fsp3) is 0.333. The highest BCUT2D eigenvalue weighted by atomic mass is 35.5. The molecule has 1 aliphatic heterocycles.